The normalized spacial score (nSPS) is 11.3. The first-order valence-corrected chi connectivity index (χ1v) is 5.38. The van der Waals surface area contributed by atoms with Gasteiger partial charge in [-0.15, -0.1) is 0 Å². The van der Waals surface area contributed by atoms with E-state index in [1.807, 2.05) is 21.1 Å². The van der Waals surface area contributed by atoms with E-state index < -0.39 is 5.97 Å². The molecule has 1 aromatic rings. The summed E-state index contributed by atoms with van der Waals surface area (Å²) in [5.74, 6) is -0.626. The molecule has 0 aromatic heterocycles. The third kappa shape index (κ3) is 3.44. The average Bonchev–Trinajstić information content (AvgIpc) is 2.24. The van der Waals surface area contributed by atoms with Gasteiger partial charge in [-0.2, -0.15) is 0 Å². The maximum atomic E-state index is 11.5. The third-order valence-electron chi connectivity index (χ3n) is 2.33. The van der Waals surface area contributed by atoms with Crippen molar-refractivity contribution in [2.24, 2.45) is 5.73 Å². The van der Waals surface area contributed by atoms with Gasteiger partial charge in [-0.3, -0.25) is 4.48 Å². The van der Waals surface area contributed by atoms with Crippen LogP contribution in [0.15, 0.2) is 18.2 Å². The zero-order valence-corrected chi connectivity index (χ0v) is 10.4. The zero-order valence-electron chi connectivity index (χ0n) is 10.4. The molecule has 0 radical (unpaired) electrons. The highest BCUT2D eigenvalue weighted by atomic mass is 16.5. The summed E-state index contributed by atoms with van der Waals surface area (Å²) in [5, 5.41) is 9.78. The number of phenolic OH excluding ortho intramolecular Hbond substituents is 1. The molecule has 0 spiro atoms. The van der Waals surface area contributed by atoms with Crippen molar-refractivity contribution in [3.63, 3.8) is 0 Å². The zero-order chi connectivity index (χ0) is 13.1. The molecule has 0 atom stereocenters. The van der Waals surface area contributed by atoms with Gasteiger partial charge in [0.2, 0.25) is 0 Å². The van der Waals surface area contributed by atoms with Crippen LogP contribution in [0.1, 0.15) is 10.4 Å². The number of hydrogen-bond acceptors (Lipinski definition) is 4. The van der Waals surface area contributed by atoms with Crippen LogP contribution in [-0.2, 0) is 4.74 Å². The molecule has 0 bridgehead atoms. The van der Waals surface area contributed by atoms with E-state index in [9.17, 15) is 9.90 Å². The first-order valence-electron chi connectivity index (χ1n) is 5.38. The van der Waals surface area contributed by atoms with E-state index in [0.29, 0.717) is 4.48 Å². The van der Waals surface area contributed by atoms with Crippen molar-refractivity contribution < 1.29 is 14.6 Å². The van der Waals surface area contributed by atoms with Crippen LogP contribution < -0.4 is 10.2 Å². The molecule has 0 saturated carbocycles. The van der Waals surface area contributed by atoms with Gasteiger partial charge in [0, 0.05) is 18.7 Å². The number of carbonyl (C=O) groups excluding carboxylic acids is 1. The van der Waals surface area contributed by atoms with Crippen LogP contribution in [0.2, 0.25) is 0 Å². The van der Waals surface area contributed by atoms with Gasteiger partial charge in [0.1, 0.15) is 23.6 Å². The van der Waals surface area contributed by atoms with Crippen molar-refractivity contribution in [1.29, 1.82) is 0 Å². The lowest BCUT2D eigenvalue weighted by molar-refractivity contribution is 0.0513. The first-order chi connectivity index (χ1) is 7.86. The van der Waals surface area contributed by atoms with E-state index in [0.717, 1.165) is 5.69 Å². The van der Waals surface area contributed by atoms with Crippen LogP contribution in [0.25, 0.3) is 0 Å². The predicted molar refractivity (Wildman–Crippen MR) is 67.0 cm³/mol. The maximum absolute atomic E-state index is 11.5. The Morgan fingerprint density at radius 2 is 2.06 bits per heavy atom. The van der Waals surface area contributed by atoms with Crippen molar-refractivity contribution >= 4 is 11.7 Å². The molecule has 5 nitrogen and oxygen atoms in total. The molecule has 0 aliphatic heterocycles. The molecule has 0 unspecified atom stereocenters. The lowest BCUT2D eigenvalue weighted by atomic mass is 10.1. The summed E-state index contributed by atoms with van der Waals surface area (Å²) in [7, 11) is 5.92. The van der Waals surface area contributed by atoms with Gasteiger partial charge in [0.25, 0.3) is 0 Å². The number of phenols is 1. The van der Waals surface area contributed by atoms with Crippen LogP contribution in [-0.4, -0.2) is 45.4 Å². The highest BCUT2D eigenvalue weighted by Gasteiger charge is 2.18. The minimum Gasteiger partial charge on any atom is -0.507 e. The summed E-state index contributed by atoms with van der Waals surface area (Å²) < 4.78 is 5.42. The summed E-state index contributed by atoms with van der Waals surface area (Å²) in [6, 6.07) is 4.92. The molecule has 0 fully saturated rings. The van der Waals surface area contributed by atoms with Crippen molar-refractivity contribution in [2.45, 2.75) is 0 Å². The molecule has 0 aliphatic carbocycles. The van der Waals surface area contributed by atoms with Crippen molar-refractivity contribution in [1.82, 2.24) is 4.48 Å². The standard InChI is InChI=1S/C12H18N2O3/c1-14(2,3)9-4-5-10(11(15)8-9)12(16)17-7-6-13/h4-5,8H,6-7,13H2,1-3H3/p+1. The molecule has 0 heterocycles. The van der Waals surface area contributed by atoms with E-state index in [-0.39, 0.29) is 24.5 Å². The number of quaternary nitrogens is 1. The van der Waals surface area contributed by atoms with Gasteiger partial charge in [-0.05, 0) is 6.07 Å². The van der Waals surface area contributed by atoms with Crippen molar-refractivity contribution in [2.75, 3.05) is 34.3 Å². The molecule has 1 aromatic carbocycles. The topological polar surface area (TPSA) is 72.5 Å². The molecular formula is C12H19N2O3+. The van der Waals surface area contributed by atoms with Gasteiger partial charge < -0.3 is 15.6 Å². The Labute approximate surface area is 101 Å². The molecular weight excluding hydrogens is 220 g/mol. The van der Waals surface area contributed by atoms with Gasteiger partial charge in [0.05, 0.1) is 21.1 Å². The Morgan fingerprint density at radius 3 is 2.53 bits per heavy atom. The van der Waals surface area contributed by atoms with Crippen LogP contribution in [0, 0.1) is 0 Å². The Hall–Kier alpha value is -1.59. The fraction of sp³-hybridized carbons (Fsp3) is 0.417. The lowest BCUT2D eigenvalue weighted by Crippen LogP contribution is -2.34. The molecule has 3 N–H and O–H groups in total. The molecule has 0 amide bonds. The monoisotopic (exact) mass is 239 g/mol. The summed E-state index contributed by atoms with van der Waals surface area (Å²) in [5.41, 5.74) is 6.30. The smallest absolute Gasteiger partial charge is 0.341 e. The second-order valence-electron chi connectivity index (χ2n) is 4.64. The Morgan fingerprint density at radius 1 is 1.41 bits per heavy atom. The van der Waals surface area contributed by atoms with Crippen LogP contribution in [0.3, 0.4) is 0 Å². The first kappa shape index (κ1) is 13.5. The van der Waals surface area contributed by atoms with Gasteiger partial charge in [0.15, 0.2) is 0 Å². The minimum absolute atomic E-state index is 0.0717. The van der Waals surface area contributed by atoms with E-state index in [4.69, 9.17) is 10.5 Å². The Bertz CT molecular complexity index is 411. The summed E-state index contributed by atoms with van der Waals surface area (Å²) in [4.78, 5) is 11.5. The maximum Gasteiger partial charge on any atom is 0.341 e. The molecule has 17 heavy (non-hydrogen) atoms. The third-order valence-corrected chi connectivity index (χ3v) is 2.33. The largest absolute Gasteiger partial charge is 0.507 e. The average molecular weight is 239 g/mol. The van der Waals surface area contributed by atoms with Crippen LogP contribution >= 0.6 is 0 Å². The fourth-order valence-corrected chi connectivity index (χ4v) is 1.34. The number of carbonyl (C=O) groups is 1. The van der Waals surface area contributed by atoms with E-state index in [1.54, 1.807) is 18.2 Å². The van der Waals surface area contributed by atoms with Crippen molar-refractivity contribution in [3.8, 4) is 5.75 Å². The van der Waals surface area contributed by atoms with E-state index in [1.165, 1.54) is 0 Å². The summed E-state index contributed by atoms with van der Waals surface area (Å²) in [6.07, 6.45) is 0. The van der Waals surface area contributed by atoms with Gasteiger partial charge in [-0.25, -0.2) is 4.79 Å². The Balaban J connectivity index is 2.94. The highest BCUT2D eigenvalue weighted by Crippen LogP contribution is 2.26. The van der Waals surface area contributed by atoms with E-state index in [2.05, 4.69) is 0 Å². The molecule has 1 rings (SSSR count). The quantitative estimate of drug-likeness (QED) is 0.599. The fourth-order valence-electron chi connectivity index (χ4n) is 1.34. The number of nitrogens with two attached hydrogens (primary N) is 1. The molecule has 0 saturated heterocycles. The number of aromatic hydroxyl groups is 1. The number of ether oxygens (including phenoxy) is 1. The van der Waals surface area contributed by atoms with Crippen LogP contribution in [0.4, 0.5) is 5.69 Å². The van der Waals surface area contributed by atoms with Crippen LogP contribution in [0.5, 0.6) is 5.75 Å². The molecule has 0 aliphatic rings. The number of benzene rings is 1. The molecule has 94 valence electrons. The predicted octanol–water partition coefficient (Wildman–Crippen LogP) is 0.704. The SMILES string of the molecule is C[N+](C)(C)c1ccc(C(=O)OCCN)c(O)c1. The lowest BCUT2D eigenvalue weighted by Gasteiger charge is -2.23. The number of hydrogen-bond donors (Lipinski definition) is 2. The number of esters is 1. The number of nitrogens with zero attached hydrogens (tertiary/aromatic N) is 1. The second-order valence-corrected chi connectivity index (χ2v) is 4.64. The van der Waals surface area contributed by atoms with Gasteiger partial charge in [-0.1, -0.05) is 0 Å². The minimum atomic E-state index is -0.555. The highest BCUT2D eigenvalue weighted by molar-refractivity contribution is 5.92. The van der Waals surface area contributed by atoms with Crippen molar-refractivity contribution in [3.05, 3.63) is 23.8 Å². The summed E-state index contributed by atoms with van der Waals surface area (Å²) >= 11 is 0. The molecule has 5 heteroatoms. The Kier molecular flexibility index (Phi) is 4.09. The number of rotatable bonds is 4. The second kappa shape index (κ2) is 5.16. The van der Waals surface area contributed by atoms with Gasteiger partial charge >= 0.3 is 5.97 Å². The van der Waals surface area contributed by atoms with E-state index >= 15 is 0 Å². The summed E-state index contributed by atoms with van der Waals surface area (Å²) in [6.45, 7) is 0.415.